The molecule has 4 heteroatoms. The van der Waals surface area contributed by atoms with Crippen molar-refractivity contribution in [1.29, 1.82) is 0 Å². The summed E-state index contributed by atoms with van der Waals surface area (Å²) in [7, 11) is 0. The number of benzene rings is 7. The lowest BCUT2D eigenvalue weighted by Gasteiger charge is -2.24. The molecule has 0 bridgehead atoms. The summed E-state index contributed by atoms with van der Waals surface area (Å²) in [6.45, 7) is 2.30. The molecule has 1 aliphatic heterocycles. The van der Waals surface area contributed by atoms with Gasteiger partial charge in [0.25, 0.3) is 0 Å². The molecule has 0 radical (unpaired) electrons. The molecular formula is C51H36N4. The van der Waals surface area contributed by atoms with Crippen LogP contribution in [0.3, 0.4) is 0 Å². The van der Waals surface area contributed by atoms with Crippen LogP contribution < -0.4 is 5.32 Å². The molecule has 0 spiro atoms. The number of rotatable bonds is 6. The molecule has 55 heavy (non-hydrogen) atoms. The van der Waals surface area contributed by atoms with E-state index in [1.165, 1.54) is 71.0 Å². The van der Waals surface area contributed by atoms with E-state index in [9.17, 15) is 0 Å². The number of aliphatic imine (C=N–C) groups is 2. The zero-order chi connectivity index (χ0) is 36.5. The Morgan fingerprint density at radius 3 is 2.00 bits per heavy atom. The first kappa shape index (κ1) is 31.5. The molecule has 8 aromatic rings. The van der Waals surface area contributed by atoms with Crippen LogP contribution in [-0.4, -0.2) is 16.2 Å². The maximum atomic E-state index is 5.14. The lowest BCUT2D eigenvalue weighted by atomic mass is 9.92. The van der Waals surface area contributed by atoms with Crippen LogP contribution in [0.4, 0.5) is 0 Å². The average Bonchev–Trinajstić information content (AvgIpc) is 3.77. The molecule has 7 aromatic carbocycles. The van der Waals surface area contributed by atoms with Crippen molar-refractivity contribution in [2.45, 2.75) is 19.5 Å². The first-order valence-corrected chi connectivity index (χ1v) is 19.1. The summed E-state index contributed by atoms with van der Waals surface area (Å²) >= 11 is 0. The minimum absolute atomic E-state index is 0.262. The third kappa shape index (κ3) is 4.92. The first-order chi connectivity index (χ1) is 27.2. The summed E-state index contributed by atoms with van der Waals surface area (Å²) in [5.41, 5.74) is 12.0. The number of fused-ring (bicyclic) bond motifs is 4. The van der Waals surface area contributed by atoms with Gasteiger partial charge in [-0.05, 0) is 84.9 Å². The molecule has 11 rings (SSSR count). The molecule has 1 atom stereocenters. The zero-order valence-corrected chi connectivity index (χ0v) is 30.4. The maximum Gasteiger partial charge on any atom is 0.159 e. The van der Waals surface area contributed by atoms with Crippen molar-refractivity contribution in [1.82, 2.24) is 9.88 Å². The molecule has 2 aliphatic carbocycles. The third-order valence-corrected chi connectivity index (χ3v) is 11.4. The summed E-state index contributed by atoms with van der Waals surface area (Å²) in [6, 6.07) is 60.8. The second-order valence-electron chi connectivity index (χ2n) is 14.4. The molecule has 1 aromatic heterocycles. The van der Waals surface area contributed by atoms with Gasteiger partial charge in [0.05, 0.1) is 5.52 Å². The molecule has 0 amide bonds. The molecule has 0 saturated heterocycles. The highest BCUT2D eigenvalue weighted by Crippen LogP contribution is 2.53. The summed E-state index contributed by atoms with van der Waals surface area (Å²) in [6.07, 6.45) is 3.07. The standard InChI is InChI=1S/C51H36N4/c1-2-38-39-25-12-13-26-40(39)48-45(32-16-6-3-7-17-32)41-27-15-22-33-28-29-43-47(44(33)41)42(46(38)48)31-55(43)37-24-14-23-36(30-37)51-53-49(34-18-8-4-9-19-34)52-50(54-51)35-20-10-5-11-21-35/h3-31,49H,2H2,1H3,(H,52,53,54). The Bertz CT molecular complexity index is 3080. The third-order valence-electron chi connectivity index (χ3n) is 11.4. The Kier molecular flexibility index (Phi) is 7.17. The van der Waals surface area contributed by atoms with Crippen LogP contribution in [0.15, 0.2) is 186 Å². The van der Waals surface area contributed by atoms with E-state index in [-0.39, 0.29) is 6.17 Å². The maximum absolute atomic E-state index is 5.14. The average molecular weight is 705 g/mol. The van der Waals surface area contributed by atoms with Crippen LogP contribution in [0, 0.1) is 0 Å². The molecule has 0 saturated carbocycles. The van der Waals surface area contributed by atoms with Gasteiger partial charge in [-0.1, -0.05) is 159 Å². The van der Waals surface area contributed by atoms with Crippen LogP contribution in [0.1, 0.15) is 35.3 Å². The normalized spacial score (nSPS) is 14.5. The fraction of sp³-hybridized carbons (Fsp3) is 0.0588. The Labute approximate surface area is 319 Å². The molecular weight excluding hydrogens is 669 g/mol. The Morgan fingerprint density at radius 2 is 1.22 bits per heavy atom. The number of aromatic nitrogens is 1. The predicted molar refractivity (Wildman–Crippen MR) is 230 cm³/mol. The van der Waals surface area contributed by atoms with E-state index in [1.54, 1.807) is 0 Å². The quantitative estimate of drug-likeness (QED) is 0.184. The fourth-order valence-corrected chi connectivity index (χ4v) is 8.99. The van der Waals surface area contributed by atoms with Gasteiger partial charge in [0, 0.05) is 33.8 Å². The second-order valence-corrected chi connectivity index (χ2v) is 14.4. The highest BCUT2D eigenvalue weighted by atomic mass is 15.2. The van der Waals surface area contributed by atoms with Crippen LogP contribution in [0.5, 0.6) is 0 Å². The smallest absolute Gasteiger partial charge is 0.159 e. The SMILES string of the molecule is CCc1c2c3cn(-c4cccc(C5=NC(c6ccccc6)=NC(c6ccccc6)N5)c4)c4ccc5cccc(c(-c6ccccc6)c-2c2ccccc12)c5c34. The van der Waals surface area contributed by atoms with Crippen molar-refractivity contribution < 1.29 is 0 Å². The Hall–Kier alpha value is -7.04. The van der Waals surface area contributed by atoms with Crippen molar-refractivity contribution in [2.75, 3.05) is 0 Å². The summed E-state index contributed by atoms with van der Waals surface area (Å²) in [5.74, 6) is 1.52. The zero-order valence-electron chi connectivity index (χ0n) is 30.4. The predicted octanol–water partition coefficient (Wildman–Crippen LogP) is 12.4. The number of amidine groups is 2. The number of nitrogens with zero attached hydrogens (tertiary/aromatic N) is 3. The topological polar surface area (TPSA) is 41.7 Å². The largest absolute Gasteiger partial charge is 0.344 e. The van der Waals surface area contributed by atoms with Gasteiger partial charge < -0.3 is 9.88 Å². The summed E-state index contributed by atoms with van der Waals surface area (Å²) in [5, 5.41) is 12.7. The van der Waals surface area contributed by atoms with E-state index in [2.05, 4.69) is 169 Å². The molecule has 3 aliphatic rings. The van der Waals surface area contributed by atoms with Crippen molar-refractivity contribution >= 4 is 54.9 Å². The van der Waals surface area contributed by atoms with Crippen LogP contribution in [0.2, 0.25) is 0 Å². The van der Waals surface area contributed by atoms with Crippen LogP contribution >= 0.6 is 0 Å². The lowest BCUT2D eigenvalue weighted by molar-refractivity contribution is 0.674. The molecule has 1 unspecified atom stereocenters. The van der Waals surface area contributed by atoms with Crippen molar-refractivity contribution in [3.63, 3.8) is 0 Å². The molecule has 2 heterocycles. The van der Waals surface area contributed by atoms with E-state index in [0.29, 0.717) is 0 Å². The number of aryl methyl sites for hydroxylation is 1. The minimum atomic E-state index is -0.262. The molecule has 4 nitrogen and oxygen atoms in total. The van der Waals surface area contributed by atoms with Gasteiger partial charge in [0.1, 0.15) is 12.0 Å². The lowest BCUT2D eigenvalue weighted by Crippen LogP contribution is -2.33. The highest BCUT2D eigenvalue weighted by molar-refractivity contribution is 6.32. The number of hydrogen-bond acceptors (Lipinski definition) is 3. The fourth-order valence-electron chi connectivity index (χ4n) is 8.99. The molecule has 1 N–H and O–H groups in total. The Morgan fingerprint density at radius 1 is 0.545 bits per heavy atom. The van der Waals surface area contributed by atoms with Gasteiger partial charge in [-0.15, -0.1) is 0 Å². The Balaban J connectivity index is 1.17. The van der Waals surface area contributed by atoms with Crippen LogP contribution in [0.25, 0.3) is 71.2 Å². The van der Waals surface area contributed by atoms with Gasteiger partial charge in [-0.3, -0.25) is 0 Å². The van der Waals surface area contributed by atoms with Gasteiger partial charge >= 0.3 is 0 Å². The van der Waals surface area contributed by atoms with E-state index in [1.807, 2.05) is 24.3 Å². The van der Waals surface area contributed by atoms with Gasteiger partial charge in [-0.2, -0.15) is 0 Å². The molecule has 260 valence electrons. The summed E-state index contributed by atoms with van der Waals surface area (Å²) in [4.78, 5) is 10.2. The second kappa shape index (κ2) is 12.5. The van der Waals surface area contributed by atoms with Gasteiger partial charge in [0.2, 0.25) is 0 Å². The first-order valence-electron chi connectivity index (χ1n) is 19.1. The number of hydrogen-bond donors (Lipinski definition) is 1. The van der Waals surface area contributed by atoms with E-state index in [4.69, 9.17) is 9.98 Å². The van der Waals surface area contributed by atoms with E-state index in [0.717, 1.165) is 40.5 Å². The van der Waals surface area contributed by atoms with Gasteiger partial charge in [0.15, 0.2) is 5.84 Å². The van der Waals surface area contributed by atoms with Crippen molar-refractivity contribution in [3.05, 3.63) is 198 Å². The minimum Gasteiger partial charge on any atom is -0.344 e. The number of nitrogens with one attached hydrogen (secondary N) is 1. The highest BCUT2D eigenvalue weighted by Gasteiger charge is 2.28. The summed E-state index contributed by atoms with van der Waals surface area (Å²) < 4.78 is 2.39. The molecule has 0 fully saturated rings. The van der Waals surface area contributed by atoms with E-state index < -0.39 is 0 Å². The van der Waals surface area contributed by atoms with E-state index >= 15 is 0 Å². The van der Waals surface area contributed by atoms with Crippen molar-refractivity contribution in [2.24, 2.45) is 9.98 Å². The monoisotopic (exact) mass is 704 g/mol. The van der Waals surface area contributed by atoms with Crippen molar-refractivity contribution in [3.8, 4) is 27.9 Å². The van der Waals surface area contributed by atoms with Crippen LogP contribution in [-0.2, 0) is 6.42 Å². The van der Waals surface area contributed by atoms with Gasteiger partial charge in [-0.25, -0.2) is 9.98 Å².